The highest BCUT2D eigenvalue weighted by molar-refractivity contribution is 7.99. The van der Waals surface area contributed by atoms with Gasteiger partial charge in [-0.3, -0.25) is 4.98 Å². The number of ether oxygens (including phenoxy) is 1. The van der Waals surface area contributed by atoms with Gasteiger partial charge in [0.2, 0.25) is 0 Å². The zero-order valence-electron chi connectivity index (χ0n) is 11.8. The third-order valence-corrected chi connectivity index (χ3v) is 3.78. The van der Waals surface area contributed by atoms with Crippen LogP contribution in [-0.2, 0) is 11.3 Å². The number of nitrogens with zero attached hydrogens (tertiary/aromatic N) is 2. The van der Waals surface area contributed by atoms with Crippen molar-refractivity contribution in [2.24, 2.45) is 0 Å². The summed E-state index contributed by atoms with van der Waals surface area (Å²) in [6.45, 7) is 4.60. The van der Waals surface area contributed by atoms with Crippen LogP contribution in [0.5, 0.6) is 0 Å². The number of aryl methyl sites for hydroxylation is 1. The van der Waals surface area contributed by atoms with Crippen molar-refractivity contribution in [1.82, 2.24) is 15.3 Å². The molecule has 0 bridgehead atoms. The Bertz CT molecular complexity index is 534. The third-order valence-electron chi connectivity index (χ3n) is 2.87. The number of benzene rings is 1. The van der Waals surface area contributed by atoms with Crippen molar-refractivity contribution in [3.8, 4) is 0 Å². The molecule has 1 aromatic heterocycles. The van der Waals surface area contributed by atoms with Gasteiger partial charge in [-0.25, -0.2) is 4.98 Å². The predicted molar refractivity (Wildman–Crippen MR) is 80.9 cm³/mol. The molecule has 0 spiro atoms. The summed E-state index contributed by atoms with van der Waals surface area (Å²) in [4.78, 5) is 9.53. The van der Waals surface area contributed by atoms with E-state index in [1.165, 1.54) is 16.0 Å². The van der Waals surface area contributed by atoms with Crippen LogP contribution in [0.3, 0.4) is 0 Å². The van der Waals surface area contributed by atoms with Crippen molar-refractivity contribution < 1.29 is 4.74 Å². The highest BCUT2D eigenvalue weighted by Crippen LogP contribution is 2.26. The molecule has 0 amide bonds. The molecule has 2 rings (SSSR count). The number of nitrogens with one attached hydrogen (secondary N) is 1. The lowest BCUT2D eigenvalue weighted by Crippen LogP contribution is -2.19. The minimum atomic E-state index is 0.736. The lowest BCUT2D eigenvalue weighted by molar-refractivity contribution is 0.199. The van der Waals surface area contributed by atoms with E-state index in [1.807, 2.05) is 0 Å². The van der Waals surface area contributed by atoms with Crippen LogP contribution in [0.2, 0.25) is 0 Å². The predicted octanol–water partition coefficient (Wildman–Crippen LogP) is 2.67. The van der Waals surface area contributed by atoms with Gasteiger partial charge < -0.3 is 10.1 Å². The fourth-order valence-corrected chi connectivity index (χ4v) is 2.63. The summed E-state index contributed by atoms with van der Waals surface area (Å²) >= 11 is 1.63. The summed E-state index contributed by atoms with van der Waals surface area (Å²) in [6.07, 6.45) is 5.17. The third kappa shape index (κ3) is 4.59. The van der Waals surface area contributed by atoms with Crippen LogP contribution in [0.15, 0.2) is 46.7 Å². The maximum atomic E-state index is 5.02. The summed E-state index contributed by atoms with van der Waals surface area (Å²) < 4.78 is 5.02. The SMILES string of the molecule is COCCNCc1ccc(Sc2cnccn2)cc1C. The van der Waals surface area contributed by atoms with Crippen molar-refractivity contribution >= 4 is 11.8 Å². The van der Waals surface area contributed by atoms with Gasteiger partial charge in [0, 0.05) is 37.5 Å². The van der Waals surface area contributed by atoms with Gasteiger partial charge in [0.15, 0.2) is 0 Å². The quantitative estimate of drug-likeness (QED) is 0.794. The van der Waals surface area contributed by atoms with Crippen LogP contribution in [0.25, 0.3) is 0 Å². The van der Waals surface area contributed by atoms with E-state index in [9.17, 15) is 0 Å². The Morgan fingerprint density at radius 1 is 1.30 bits per heavy atom. The number of hydrogen-bond acceptors (Lipinski definition) is 5. The Morgan fingerprint density at radius 2 is 2.20 bits per heavy atom. The first kappa shape index (κ1) is 15.0. The molecule has 0 aliphatic carbocycles. The second-order valence-electron chi connectivity index (χ2n) is 4.40. The highest BCUT2D eigenvalue weighted by atomic mass is 32.2. The molecule has 0 saturated heterocycles. The first-order chi connectivity index (χ1) is 9.79. The first-order valence-corrected chi connectivity index (χ1v) is 7.34. The summed E-state index contributed by atoms with van der Waals surface area (Å²) in [6, 6.07) is 6.47. The Kier molecular flexibility index (Phi) is 5.98. The second-order valence-corrected chi connectivity index (χ2v) is 5.50. The molecule has 106 valence electrons. The maximum Gasteiger partial charge on any atom is 0.119 e. The fraction of sp³-hybridized carbons (Fsp3) is 0.333. The standard InChI is InChI=1S/C15H19N3OS/c1-12-9-14(20-15-11-16-5-6-18-15)4-3-13(12)10-17-7-8-19-2/h3-6,9,11,17H,7-8,10H2,1-2H3. The van der Waals surface area contributed by atoms with Crippen LogP contribution >= 0.6 is 11.8 Å². The van der Waals surface area contributed by atoms with Crippen LogP contribution in [0.4, 0.5) is 0 Å². The zero-order chi connectivity index (χ0) is 14.2. The number of rotatable bonds is 7. The average Bonchev–Trinajstić information content (AvgIpc) is 2.46. The summed E-state index contributed by atoms with van der Waals surface area (Å²) in [5, 5.41) is 4.27. The molecular formula is C15H19N3OS. The number of hydrogen-bond donors (Lipinski definition) is 1. The molecule has 4 nitrogen and oxygen atoms in total. The van der Waals surface area contributed by atoms with E-state index in [1.54, 1.807) is 37.5 Å². The smallest absolute Gasteiger partial charge is 0.119 e. The van der Waals surface area contributed by atoms with Crippen molar-refractivity contribution in [1.29, 1.82) is 0 Å². The lowest BCUT2D eigenvalue weighted by Gasteiger charge is -2.09. The van der Waals surface area contributed by atoms with Crippen molar-refractivity contribution in [2.45, 2.75) is 23.4 Å². The molecule has 0 aliphatic heterocycles. The Hall–Kier alpha value is -1.43. The molecule has 20 heavy (non-hydrogen) atoms. The molecule has 0 saturated carbocycles. The van der Waals surface area contributed by atoms with E-state index in [2.05, 4.69) is 40.4 Å². The minimum absolute atomic E-state index is 0.736. The van der Waals surface area contributed by atoms with Gasteiger partial charge in [-0.2, -0.15) is 0 Å². The number of methoxy groups -OCH3 is 1. The minimum Gasteiger partial charge on any atom is -0.383 e. The molecule has 1 heterocycles. The van der Waals surface area contributed by atoms with E-state index < -0.39 is 0 Å². The first-order valence-electron chi connectivity index (χ1n) is 6.52. The molecule has 0 unspecified atom stereocenters. The van der Waals surface area contributed by atoms with Crippen molar-refractivity contribution in [2.75, 3.05) is 20.3 Å². The topological polar surface area (TPSA) is 47.0 Å². The van der Waals surface area contributed by atoms with Crippen LogP contribution < -0.4 is 5.32 Å². The molecule has 0 radical (unpaired) electrons. The van der Waals surface area contributed by atoms with Gasteiger partial charge in [0.1, 0.15) is 5.03 Å². The molecule has 5 heteroatoms. The molecule has 0 fully saturated rings. The monoisotopic (exact) mass is 289 g/mol. The Morgan fingerprint density at radius 3 is 2.90 bits per heavy atom. The van der Waals surface area contributed by atoms with Crippen molar-refractivity contribution in [3.63, 3.8) is 0 Å². The van der Waals surface area contributed by atoms with Crippen molar-refractivity contribution in [3.05, 3.63) is 47.9 Å². The molecule has 0 atom stereocenters. The Labute approximate surface area is 124 Å². The van der Waals surface area contributed by atoms with Crippen LogP contribution in [0, 0.1) is 6.92 Å². The normalized spacial score (nSPS) is 10.7. The van der Waals surface area contributed by atoms with Gasteiger partial charge in [-0.15, -0.1) is 0 Å². The maximum absolute atomic E-state index is 5.02. The van der Waals surface area contributed by atoms with E-state index in [-0.39, 0.29) is 0 Å². The largest absolute Gasteiger partial charge is 0.383 e. The van der Waals surface area contributed by atoms with Crippen LogP contribution in [0.1, 0.15) is 11.1 Å². The number of aromatic nitrogens is 2. The lowest BCUT2D eigenvalue weighted by atomic mass is 10.1. The molecule has 1 aromatic carbocycles. The molecule has 0 aliphatic rings. The van der Waals surface area contributed by atoms with Gasteiger partial charge >= 0.3 is 0 Å². The molecular weight excluding hydrogens is 270 g/mol. The van der Waals surface area contributed by atoms with Gasteiger partial charge in [0.05, 0.1) is 12.8 Å². The van der Waals surface area contributed by atoms with Gasteiger partial charge in [-0.1, -0.05) is 17.8 Å². The fourth-order valence-electron chi connectivity index (χ4n) is 1.79. The summed E-state index contributed by atoms with van der Waals surface area (Å²) in [5.74, 6) is 0. The van der Waals surface area contributed by atoms with E-state index in [4.69, 9.17) is 4.74 Å². The van der Waals surface area contributed by atoms with Gasteiger partial charge in [0.25, 0.3) is 0 Å². The van der Waals surface area contributed by atoms with Crippen LogP contribution in [-0.4, -0.2) is 30.2 Å². The molecule has 1 N–H and O–H groups in total. The van der Waals surface area contributed by atoms with Gasteiger partial charge in [-0.05, 0) is 30.2 Å². The zero-order valence-corrected chi connectivity index (χ0v) is 12.6. The van der Waals surface area contributed by atoms with E-state index in [0.29, 0.717) is 0 Å². The average molecular weight is 289 g/mol. The second kappa shape index (κ2) is 7.99. The Balaban J connectivity index is 1.95. The van der Waals surface area contributed by atoms with E-state index in [0.717, 1.165) is 24.7 Å². The summed E-state index contributed by atoms with van der Waals surface area (Å²) in [7, 11) is 1.71. The highest BCUT2D eigenvalue weighted by Gasteiger charge is 2.03. The molecule has 2 aromatic rings. The summed E-state index contributed by atoms with van der Waals surface area (Å²) in [5.41, 5.74) is 2.59. The van der Waals surface area contributed by atoms with E-state index >= 15 is 0 Å².